The van der Waals surface area contributed by atoms with E-state index < -0.39 is 0 Å². The average Bonchev–Trinajstić information content (AvgIpc) is 2.74. The molecule has 0 saturated heterocycles. The minimum atomic E-state index is -0.0798. The first-order chi connectivity index (χ1) is 7.47. The fourth-order valence-electron chi connectivity index (χ4n) is 2.07. The Morgan fingerprint density at radius 3 is 2.12 bits per heavy atom. The van der Waals surface area contributed by atoms with Gasteiger partial charge in [-0.25, -0.2) is 5.06 Å². The van der Waals surface area contributed by atoms with Crippen LogP contribution in [0.25, 0.3) is 0 Å². The summed E-state index contributed by atoms with van der Waals surface area (Å²) < 4.78 is 1.51. The molecule has 1 rings (SSSR count). The van der Waals surface area contributed by atoms with E-state index in [9.17, 15) is 9.59 Å². The Bertz CT molecular complexity index is 283. The van der Waals surface area contributed by atoms with Gasteiger partial charge in [-0.15, -0.1) is 0 Å². The number of rotatable bonds is 3. The summed E-state index contributed by atoms with van der Waals surface area (Å²) in [6, 6.07) is 0. The zero-order chi connectivity index (χ0) is 12.3. The van der Waals surface area contributed by atoms with Gasteiger partial charge in [-0.3, -0.25) is 14.4 Å². The molecule has 3 atom stereocenters. The van der Waals surface area contributed by atoms with Gasteiger partial charge < -0.3 is 4.67 Å². The van der Waals surface area contributed by atoms with Crippen LogP contribution in [0.1, 0.15) is 19.3 Å². The van der Waals surface area contributed by atoms with E-state index in [1.807, 2.05) is 0 Å². The van der Waals surface area contributed by atoms with Gasteiger partial charge in [0.15, 0.2) is 0 Å². The van der Waals surface area contributed by atoms with Gasteiger partial charge in [0, 0.05) is 25.9 Å². The van der Waals surface area contributed by atoms with Gasteiger partial charge in [0.25, 0.3) is 0 Å². The number of nitrogens with zero attached hydrogens (tertiary/aromatic N) is 2. The van der Waals surface area contributed by atoms with Crippen molar-refractivity contribution in [1.82, 2.24) is 9.73 Å². The summed E-state index contributed by atoms with van der Waals surface area (Å²) in [5.41, 5.74) is 0. The number of hydroxylamine groups is 2. The van der Waals surface area contributed by atoms with E-state index in [2.05, 4.69) is 9.39 Å². The predicted molar refractivity (Wildman–Crippen MR) is 63.1 cm³/mol. The zero-order valence-corrected chi connectivity index (χ0v) is 11.1. The van der Waals surface area contributed by atoms with Gasteiger partial charge in [-0.2, -0.15) is 0 Å². The van der Waals surface area contributed by atoms with Crippen LogP contribution in [0.5, 0.6) is 0 Å². The van der Waals surface area contributed by atoms with Crippen molar-refractivity contribution in [3.8, 4) is 0 Å². The highest BCUT2D eigenvalue weighted by Crippen LogP contribution is 2.33. The summed E-state index contributed by atoms with van der Waals surface area (Å²) >= 11 is 0. The van der Waals surface area contributed by atoms with Gasteiger partial charge in [-0.05, 0) is 28.7 Å². The van der Waals surface area contributed by atoms with Gasteiger partial charge >= 0.3 is 0 Å². The third-order valence-electron chi connectivity index (χ3n) is 3.06. The molecule has 92 valence electrons. The van der Waals surface area contributed by atoms with Crippen LogP contribution < -0.4 is 0 Å². The SMILES string of the molecule is CON(C)C(=O)C1CCC(C(=O)N(C)P)C1. The van der Waals surface area contributed by atoms with Crippen molar-refractivity contribution in [3.63, 3.8) is 0 Å². The molecule has 1 saturated carbocycles. The second-order valence-electron chi connectivity index (χ2n) is 4.17. The quantitative estimate of drug-likeness (QED) is 0.543. The van der Waals surface area contributed by atoms with E-state index in [-0.39, 0.29) is 23.7 Å². The maximum absolute atomic E-state index is 11.8. The average molecular weight is 246 g/mol. The van der Waals surface area contributed by atoms with E-state index in [4.69, 9.17) is 4.84 Å². The molecule has 0 radical (unpaired) electrons. The summed E-state index contributed by atoms with van der Waals surface area (Å²) in [5.74, 6) is -0.0601. The molecule has 0 spiro atoms. The normalized spacial score (nSPS) is 24.2. The summed E-state index contributed by atoms with van der Waals surface area (Å²) in [6.07, 6.45) is 2.18. The monoisotopic (exact) mass is 246 g/mol. The number of hydrogen-bond acceptors (Lipinski definition) is 3. The van der Waals surface area contributed by atoms with Gasteiger partial charge in [0.1, 0.15) is 0 Å². The molecule has 0 bridgehead atoms. The Hall–Kier alpha value is -0.670. The summed E-state index contributed by atoms with van der Waals surface area (Å²) in [6.45, 7) is 0. The van der Waals surface area contributed by atoms with Gasteiger partial charge in [-0.1, -0.05) is 0 Å². The Morgan fingerprint density at radius 2 is 1.69 bits per heavy atom. The Balaban J connectivity index is 2.53. The van der Waals surface area contributed by atoms with Gasteiger partial charge in [0.05, 0.1) is 7.11 Å². The van der Waals surface area contributed by atoms with E-state index in [1.54, 1.807) is 14.1 Å². The maximum atomic E-state index is 11.8. The molecule has 1 fully saturated rings. The maximum Gasteiger partial charge on any atom is 0.248 e. The van der Waals surface area contributed by atoms with E-state index in [0.29, 0.717) is 6.42 Å². The zero-order valence-electron chi connectivity index (χ0n) is 9.97. The van der Waals surface area contributed by atoms with Crippen molar-refractivity contribution < 1.29 is 14.4 Å². The third-order valence-corrected chi connectivity index (χ3v) is 3.32. The fraction of sp³-hybridized carbons (Fsp3) is 0.800. The predicted octanol–water partition coefficient (Wildman–Crippen LogP) is 0.671. The molecule has 1 aliphatic rings. The van der Waals surface area contributed by atoms with Crippen molar-refractivity contribution >= 4 is 21.2 Å². The summed E-state index contributed by atoms with van der Waals surface area (Å²) in [5, 5.41) is 1.24. The third kappa shape index (κ3) is 2.92. The Morgan fingerprint density at radius 1 is 1.19 bits per heavy atom. The molecular weight excluding hydrogens is 227 g/mol. The van der Waals surface area contributed by atoms with Gasteiger partial charge in [0.2, 0.25) is 11.8 Å². The molecule has 0 aromatic heterocycles. The Labute approximate surface area is 98.3 Å². The van der Waals surface area contributed by atoms with E-state index in [0.717, 1.165) is 12.8 Å². The van der Waals surface area contributed by atoms with Crippen LogP contribution in [-0.4, -0.2) is 42.8 Å². The molecule has 16 heavy (non-hydrogen) atoms. The van der Waals surface area contributed by atoms with Crippen LogP contribution in [-0.2, 0) is 14.4 Å². The molecule has 0 heterocycles. The second-order valence-corrected chi connectivity index (χ2v) is 4.95. The number of carbonyl (C=O) groups excluding carboxylic acids is 2. The standard InChI is InChI=1S/C10H19N2O3P/c1-11(15-3)9(13)7-4-5-8(6-7)10(14)12(2)16/h7-8H,4-6,16H2,1-3H3. The largest absolute Gasteiger partial charge is 0.330 e. The van der Waals surface area contributed by atoms with Crippen LogP contribution in [0.2, 0.25) is 0 Å². The summed E-state index contributed by atoms with van der Waals surface area (Å²) in [4.78, 5) is 28.3. The van der Waals surface area contributed by atoms with E-state index >= 15 is 0 Å². The fourth-order valence-corrected chi connectivity index (χ4v) is 2.28. The lowest BCUT2D eigenvalue weighted by Gasteiger charge is -2.19. The lowest BCUT2D eigenvalue weighted by atomic mass is 10.0. The topological polar surface area (TPSA) is 49.9 Å². The molecule has 0 aliphatic heterocycles. The molecule has 1 aliphatic carbocycles. The first-order valence-electron chi connectivity index (χ1n) is 5.31. The molecule has 5 nitrogen and oxygen atoms in total. The molecule has 3 unspecified atom stereocenters. The summed E-state index contributed by atoms with van der Waals surface area (Å²) in [7, 11) is 7.13. The molecule has 2 amide bonds. The highest BCUT2D eigenvalue weighted by Gasteiger charge is 2.35. The van der Waals surface area contributed by atoms with Crippen molar-refractivity contribution in [2.45, 2.75) is 19.3 Å². The van der Waals surface area contributed by atoms with Crippen LogP contribution >= 0.6 is 9.39 Å². The number of hydrogen-bond donors (Lipinski definition) is 0. The van der Waals surface area contributed by atoms with Crippen LogP contribution in [0.4, 0.5) is 0 Å². The molecule has 6 heteroatoms. The molecular formula is C10H19N2O3P. The second kappa shape index (κ2) is 5.60. The lowest BCUT2D eigenvalue weighted by molar-refractivity contribution is -0.173. The minimum absolute atomic E-state index is 0.0262. The van der Waals surface area contributed by atoms with Crippen LogP contribution in [0.3, 0.4) is 0 Å². The van der Waals surface area contributed by atoms with Crippen molar-refractivity contribution in [2.24, 2.45) is 11.8 Å². The highest BCUT2D eigenvalue weighted by molar-refractivity contribution is 7.14. The van der Waals surface area contributed by atoms with Crippen molar-refractivity contribution in [1.29, 1.82) is 0 Å². The highest BCUT2D eigenvalue weighted by atomic mass is 31.0. The Kier molecular flexibility index (Phi) is 4.69. The first kappa shape index (κ1) is 13.4. The smallest absolute Gasteiger partial charge is 0.248 e. The van der Waals surface area contributed by atoms with Crippen LogP contribution in [0.15, 0.2) is 0 Å². The van der Waals surface area contributed by atoms with Crippen molar-refractivity contribution in [3.05, 3.63) is 0 Å². The lowest BCUT2D eigenvalue weighted by Crippen LogP contribution is -2.31. The van der Waals surface area contributed by atoms with Crippen LogP contribution in [0, 0.1) is 11.8 Å². The molecule has 0 aromatic rings. The minimum Gasteiger partial charge on any atom is -0.330 e. The molecule has 0 N–H and O–H groups in total. The molecule has 0 aromatic carbocycles. The first-order valence-corrected chi connectivity index (χ1v) is 5.83. The number of carbonyl (C=O) groups is 2. The van der Waals surface area contributed by atoms with E-state index in [1.165, 1.54) is 16.8 Å². The number of amides is 2. The van der Waals surface area contributed by atoms with Crippen molar-refractivity contribution in [2.75, 3.05) is 21.2 Å².